The van der Waals surface area contributed by atoms with Gasteiger partial charge in [-0.05, 0) is 25.8 Å². The lowest BCUT2D eigenvalue weighted by molar-refractivity contribution is 0.507. The van der Waals surface area contributed by atoms with Gasteiger partial charge in [0.05, 0.1) is 12.0 Å². The highest BCUT2D eigenvalue weighted by Gasteiger charge is 2.25. The van der Waals surface area contributed by atoms with Crippen LogP contribution >= 0.6 is 0 Å². The molecule has 3 rings (SSSR count). The highest BCUT2D eigenvalue weighted by atomic mass is 19.1. The molecule has 106 valence electrons. The Labute approximate surface area is 116 Å². The number of benzene rings is 1. The number of hydrogen-bond donors (Lipinski definition) is 1. The van der Waals surface area contributed by atoms with E-state index in [2.05, 4.69) is 14.9 Å². The average Bonchev–Trinajstić information content (AvgIpc) is 3.15. The van der Waals surface area contributed by atoms with Crippen molar-refractivity contribution in [2.24, 2.45) is 0 Å². The maximum Gasteiger partial charge on any atom is 0.130 e. The minimum Gasteiger partial charge on any atom is -0.330 e. The Morgan fingerprint density at radius 3 is 2.90 bits per heavy atom. The Hall–Kier alpha value is -1.75. The van der Waals surface area contributed by atoms with Gasteiger partial charge in [-0.3, -0.25) is 0 Å². The predicted molar refractivity (Wildman–Crippen MR) is 72.1 cm³/mol. The second-order valence-corrected chi connectivity index (χ2v) is 5.29. The molecule has 1 atom stereocenters. The van der Waals surface area contributed by atoms with Gasteiger partial charge in [-0.25, -0.2) is 13.8 Å². The number of nitrogens with one attached hydrogen (secondary N) is 1. The van der Waals surface area contributed by atoms with Gasteiger partial charge in [0.15, 0.2) is 0 Å². The number of imidazole rings is 1. The fourth-order valence-corrected chi connectivity index (χ4v) is 2.37. The Kier molecular flexibility index (Phi) is 3.53. The predicted octanol–water partition coefficient (Wildman–Crippen LogP) is 3.35. The largest absolute Gasteiger partial charge is 0.330 e. The monoisotopic (exact) mass is 277 g/mol. The lowest BCUT2D eigenvalue weighted by Crippen LogP contribution is -2.20. The minimum atomic E-state index is -0.551. The Bertz CT molecular complexity index is 605. The maximum absolute atomic E-state index is 13.7. The lowest BCUT2D eigenvalue weighted by atomic mass is 10.1. The van der Waals surface area contributed by atoms with Crippen LogP contribution in [0.1, 0.15) is 43.1 Å². The highest BCUT2D eigenvalue weighted by Crippen LogP contribution is 2.35. The van der Waals surface area contributed by atoms with Gasteiger partial charge in [-0.15, -0.1) is 0 Å². The molecule has 1 aromatic heterocycles. The van der Waals surface area contributed by atoms with Gasteiger partial charge in [0, 0.05) is 36.5 Å². The molecule has 0 amide bonds. The van der Waals surface area contributed by atoms with E-state index in [4.69, 9.17) is 0 Å². The number of halogens is 2. The summed E-state index contributed by atoms with van der Waals surface area (Å²) < 4.78 is 28.8. The third-order valence-electron chi connectivity index (χ3n) is 3.70. The molecule has 0 saturated heterocycles. The fourth-order valence-electron chi connectivity index (χ4n) is 2.37. The van der Waals surface area contributed by atoms with Crippen molar-refractivity contribution in [3.8, 4) is 0 Å². The molecule has 3 nitrogen and oxygen atoms in total. The average molecular weight is 277 g/mol. The van der Waals surface area contributed by atoms with E-state index in [1.165, 1.54) is 25.0 Å². The van der Waals surface area contributed by atoms with Crippen LogP contribution in [0.25, 0.3) is 0 Å². The summed E-state index contributed by atoms with van der Waals surface area (Å²) in [5.41, 5.74) is 1.57. The van der Waals surface area contributed by atoms with Crippen LogP contribution in [0.4, 0.5) is 8.78 Å². The summed E-state index contributed by atoms with van der Waals surface area (Å²) >= 11 is 0. The molecule has 1 N–H and O–H groups in total. The quantitative estimate of drug-likeness (QED) is 0.908. The first-order valence-corrected chi connectivity index (χ1v) is 6.84. The molecule has 0 aliphatic heterocycles. The molecule has 0 bridgehead atoms. The van der Waals surface area contributed by atoms with E-state index in [0.717, 1.165) is 11.8 Å². The van der Waals surface area contributed by atoms with Crippen molar-refractivity contribution >= 4 is 0 Å². The second-order valence-electron chi connectivity index (χ2n) is 5.29. The van der Waals surface area contributed by atoms with Gasteiger partial charge in [0.25, 0.3) is 0 Å². The van der Waals surface area contributed by atoms with Crippen molar-refractivity contribution in [1.29, 1.82) is 0 Å². The third-order valence-corrected chi connectivity index (χ3v) is 3.70. The van der Waals surface area contributed by atoms with Crippen LogP contribution in [-0.4, -0.2) is 9.55 Å². The third kappa shape index (κ3) is 2.72. The van der Waals surface area contributed by atoms with E-state index < -0.39 is 11.6 Å². The molecule has 1 aromatic carbocycles. The Balaban J connectivity index is 1.66. The first-order chi connectivity index (χ1) is 9.65. The number of hydrogen-bond acceptors (Lipinski definition) is 2. The Morgan fingerprint density at radius 2 is 2.20 bits per heavy atom. The van der Waals surface area contributed by atoms with Crippen LogP contribution in [0, 0.1) is 11.6 Å². The zero-order valence-electron chi connectivity index (χ0n) is 11.3. The first kappa shape index (κ1) is 13.2. The van der Waals surface area contributed by atoms with E-state index in [0.29, 0.717) is 18.2 Å². The summed E-state index contributed by atoms with van der Waals surface area (Å²) in [5, 5.41) is 3.26. The zero-order chi connectivity index (χ0) is 14.1. The molecule has 1 fully saturated rings. The molecular formula is C15H17F2N3. The number of aromatic nitrogens is 2. The van der Waals surface area contributed by atoms with Crippen LogP contribution in [0.15, 0.2) is 30.7 Å². The molecule has 0 spiro atoms. The first-order valence-electron chi connectivity index (χ1n) is 6.84. The van der Waals surface area contributed by atoms with Crippen LogP contribution in [0.3, 0.4) is 0 Å². The van der Waals surface area contributed by atoms with Crippen LogP contribution < -0.4 is 5.32 Å². The van der Waals surface area contributed by atoms with Crippen molar-refractivity contribution in [2.75, 3.05) is 0 Å². The zero-order valence-corrected chi connectivity index (χ0v) is 11.3. The van der Waals surface area contributed by atoms with E-state index in [-0.39, 0.29) is 6.04 Å². The van der Waals surface area contributed by atoms with Gasteiger partial charge >= 0.3 is 0 Å². The smallest absolute Gasteiger partial charge is 0.130 e. The highest BCUT2D eigenvalue weighted by molar-refractivity contribution is 5.21. The van der Waals surface area contributed by atoms with E-state index in [1.807, 2.05) is 19.4 Å². The second kappa shape index (κ2) is 5.32. The van der Waals surface area contributed by atoms with Gasteiger partial charge in [-0.2, -0.15) is 0 Å². The molecule has 0 radical (unpaired) electrons. The standard InChI is InChI=1S/C15H17F2N3/c1-10(14-5-2-11(16)6-15(14)17)19-8-13-7-18-9-20(13)12-3-4-12/h2,5-7,9-10,12,19H,3-4,8H2,1H3. The topological polar surface area (TPSA) is 29.9 Å². The van der Waals surface area contributed by atoms with Crippen molar-refractivity contribution in [1.82, 2.24) is 14.9 Å². The molecular weight excluding hydrogens is 260 g/mol. The normalized spacial score (nSPS) is 16.4. The van der Waals surface area contributed by atoms with Gasteiger partial charge in [0.1, 0.15) is 11.6 Å². The summed E-state index contributed by atoms with van der Waals surface area (Å²) in [6.45, 7) is 2.49. The summed E-state index contributed by atoms with van der Waals surface area (Å²) in [6, 6.07) is 4.08. The molecule has 1 aliphatic rings. The fraction of sp³-hybridized carbons (Fsp3) is 0.400. The molecule has 5 heteroatoms. The molecule has 20 heavy (non-hydrogen) atoms. The summed E-state index contributed by atoms with van der Waals surface area (Å²) in [7, 11) is 0. The maximum atomic E-state index is 13.7. The molecule has 1 saturated carbocycles. The van der Waals surface area contributed by atoms with Crippen LogP contribution in [-0.2, 0) is 6.54 Å². The minimum absolute atomic E-state index is 0.182. The summed E-state index contributed by atoms with van der Waals surface area (Å²) in [4.78, 5) is 4.16. The van der Waals surface area contributed by atoms with Crippen LogP contribution in [0.5, 0.6) is 0 Å². The van der Waals surface area contributed by atoms with Gasteiger partial charge < -0.3 is 9.88 Å². The molecule has 1 heterocycles. The number of nitrogens with zero attached hydrogens (tertiary/aromatic N) is 2. The molecule has 1 unspecified atom stereocenters. The van der Waals surface area contributed by atoms with E-state index in [9.17, 15) is 8.78 Å². The van der Waals surface area contributed by atoms with Gasteiger partial charge in [-0.1, -0.05) is 6.07 Å². The van der Waals surface area contributed by atoms with Crippen molar-refractivity contribution in [3.05, 3.63) is 53.6 Å². The van der Waals surface area contributed by atoms with Gasteiger partial charge in [0.2, 0.25) is 0 Å². The van der Waals surface area contributed by atoms with Crippen molar-refractivity contribution < 1.29 is 8.78 Å². The SMILES string of the molecule is CC(NCc1cncn1C1CC1)c1ccc(F)cc1F. The summed E-state index contributed by atoms with van der Waals surface area (Å²) in [6.07, 6.45) is 6.08. The molecule has 2 aromatic rings. The van der Waals surface area contributed by atoms with Crippen LogP contribution in [0.2, 0.25) is 0 Å². The molecule has 1 aliphatic carbocycles. The van der Waals surface area contributed by atoms with E-state index >= 15 is 0 Å². The van der Waals surface area contributed by atoms with Crippen molar-refractivity contribution in [2.45, 2.75) is 38.4 Å². The summed E-state index contributed by atoms with van der Waals surface area (Å²) in [5.74, 6) is -1.06. The van der Waals surface area contributed by atoms with E-state index in [1.54, 1.807) is 0 Å². The van der Waals surface area contributed by atoms with Crippen molar-refractivity contribution in [3.63, 3.8) is 0 Å². The number of rotatable bonds is 5. The Morgan fingerprint density at radius 1 is 1.40 bits per heavy atom. The lowest BCUT2D eigenvalue weighted by Gasteiger charge is -2.16.